The molecule has 5 rings (SSSR count). The molecule has 4 aromatic heterocycles. The van der Waals surface area contributed by atoms with E-state index < -0.39 is 0 Å². The standard InChI is InChI=1S/C29H30N8O2/c1-4-24(19-8-6-5-7-9-19)31-16-27(38)34-23-12-25(18(2)30-15-23)36-29(39)21-10-20-11-26(35-28(20)32-13-21)22-14-33-37(3)17-22/h5-15,17,24,31H,4,16H2,1-3H3,(H,32,35)(H,34,38)(H,36,39). The van der Waals surface area contributed by atoms with E-state index in [-0.39, 0.29) is 24.4 Å². The van der Waals surface area contributed by atoms with Crippen LogP contribution in [-0.4, -0.2) is 43.1 Å². The van der Waals surface area contributed by atoms with Gasteiger partial charge in [-0.2, -0.15) is 5.10 Å². The number of nitrogens with one attached hydrogen (secondary N) is 4. The van der Waals surface area contributed by atoms with Gasteiger partial charge in [-0.05, 0) is 37.1 Å². The summed E-state index contributed by atoms with van der Waals surface area (Å²) >= 11 is 0. The minimum atomic E-state index is -0.322. The average Bonchev–Trinajstić information content (AvgIpc) is 3.57. The van der Waals surface area contributed by atoms with Gasteiger partial charge in [-0.15, -0.1) is 0 Å². The lowest BCUT2D eigenvalue weighted by atomic mass is 10.0. The van der Waals surface area contributed by atoms with Crippen LogP contribution in [0.15, 0.2) is 73.3 Å². The van der Waals surface area contributed by atoms with Gasteiger partial charge in [-0.3, -0.25) is 19.3 Å². The highest BCUT2D eigenvalue weighted by molar-refractivity contribution is 6.06. The van der Waals surface area contributed by atoms with Gasteiger partial charge in [0.2, 0.25) is 5.91 Å². The maximum atomic E-state index is 13.1. The van der Waals surface area contributed by atoms with E-state index in [9.17, 15) is 9.59 Å². The smallest absolute Gasteiger partial charge is 0.257 e. The van der Waals surface area contributed by atoms with E-state index in [4.69, 9.17) is 0 Å². The highest BCUT2D eigenvalue weighted by atomic mass is 16.2. The molecule has 0 aliphatic heterocycles. The fourth-order valence-electron chi connectivity index (χ4n) is 4.38. The normalized spacial score (nSPS) is 11.9. The summed E-state index contributed by atoms with van der Waals surface area (Å²) in [6, 6.07) is 15.5. The molecule has 0 aliphatic rings. The Kier molecular flexibility index (Phi) is 7.46. The molecule has 1 unspecified atom stereocenters. The van der Waals surface area contributed by atoms with Gasteiger partial charge in [0.05, 0.1) is 47.3 Å². The van der Waals surface area contributed by atoms with Crippen molar-refractivity contribution in [3.8, 4) is 11.3 Å². The second-order valence-corrected chi connectivity index (χ2v) is 9.36. The number of anilines is 2. The number of amides is 2. The first kappa shape index (κ1) is 25.8. The SMILES string of the molecule is CCC(NCC(=O)Nc1cnc(C)c(NC(=O)c2cnc3[nH]c(-c4cnn(C)c4)cc3c2)c1)c1ccccc1. The molecular formula is C29H30N8O2. The van der Waals surface area contributed by atoms with E-state index >= 15 is 0 Å². The Morgan fingerprint density at radius 2 is 1.85 bits per heavy atom. The zero-order chi connectivity index (χ0) is 27.4. The van der Waals surface area contributed by atoms with Gasteiger partial charge in [-0.1, -0.05) is 37.3 Å². The van der Waals surface area contributed by atoms with E-state index in [2.05, 4.69) is 42.9 Å². The fraction of sp³-hybridized carbons (Fsp3) is 0.207. The third kappa shape index (κ3) is 6.02. The Morgan fingerprint density at radius 1 is 1.03 bits per heavy atom. The van der Waals surface area contributed by atoms with E-state index in [1.807, 2.05) is 49.6 Å². The van der Waals surface area contributed by atoms with Gasteiger partial charge >= 0.3 is 0 Å². The number of benzene rings is 1. The largest absolute Gasteiger partial charge is 0.339 e. The van der Waals surface area contributed by atoms with Crippen molar-refractivity contribution < 1.29 is 9.59 Å². The average molecular weight is 523 g/mol. The minimum absolute atomic E-state index is 0.0781. The maximum Gasteiger partial charge on any atom is 0.257 e. The molecule has 1 aromatic carbocycles. The van der Waals surface area contributed by atoms with E-state index in [1.165, 1.54) is 6.20 Å². The van der Waals surface area contributed by atoms with Crippen LogP contribution < -0.4 is 16.0 Å². The molecule has 0 saturated carbocycles. The Morgan fingerprint density at radius 3 is 2.59 bits per heavy atom. The zero-order valence-corrected chi connectivity index (χ0v) is 22.0. The zero-order valence-electron chi connectivity index (χ0n) is 22.0. The number of aryl methyl sites for hydroxylation is 2. The van der Waals surface area contributed by atoms with E-state index in [1.54, 1.807) is 36.1 Å². The molecule has 0 radical (unpaired) electrons. The number of hydrogen-bond donors (Lipinski definition) is 4. The molecule has 39 heavy (non-hydrogen) atoms. The summed E-state index contributed by atoms with van der Waals surface area (Å²) in [7, 11) is 1.86. The monoisotopic (exact) mass is 522 g/mol. The topological polar surface area (TPSA) is 130 Å². The van der Waals surface area contributed by atoms with Crippen molar-refractivity contribution in [2.45, 2.75) is 26.3 Å². The molecule has 0 aliphatic carbocycles. The molecule has 4 heterocycles. The van der Waals surface area contributed by atoms with Crippen LogP contribution >= 0.6 is 0 Å². The quantitative estimate of drug-likeness (QED) is 0.224. The molecule has 0 spiro atoms. The van der Waals surface area contributed by atoms with Crippen molar-refractivity contribution in [3.63, 3.8) is 0 Å². The van der Waals surface area contributed by atoms with Gasteiger partial charge in [-0.25, -0.2) is 4.98 Å². The van der Waals surface area contributed by atoms with Gasteiger partial charge in [0.1, 0.15) is 5.65 Å². The summed E-state index contributed by atoms with van der Waals surface area (Å²) in [6.45, 7) is 4.01. The molecule has 0 saturated heterocycles. The van der Waals surface area contributed by atoms with Crippen LogP contribution in [0.25, 0.3) is 22.3 Å². The summed E-state index contributed by atoms with van der Waals surface area (Å²) < 4.78 is 1.73. The first-order chi connectivity index (χ1) is 18.9. The molecule has 10 heteroatoms. The van der Waals surface area contributed by atoms with Crippen molar-refractivity contribution in [1.29, 1.82) is 0 Å². The Bertz CT molecular complexity index is 1620. The number of fused-ring (bicyclic) bond motifs is 1. The molecule has 1 atom stereocenters. The van der Waals surface area contributed by atoms with Crippen molar-refractivity contribution in [2.24, 2.45) is 7.05 Å². The summed E-state index contributed by atoms with van der Waals surface area (Å²) in [5.41, 5.74) is 5.66. The highest BCUT2D eigenvalue weighted by Crippen LogP contribution is 2.24. The second kappa shape index (κ2) is 11.3. The fourth-order valence-corrected chi connectivity index (χ4v) is 4.38. The number of rotatable bonds is 9. The van der Waals surface area contributed by atoms with E-state index in [0.717, 1.165) is 28.6 Å². The van der Waals surface area contributed by atoms with Crippen LogP contribution in [-0.2, 0) is 11.8 Å². The lowest BCUT2D eigenvalue weighted by Gasteiger charge is -2.17. The number of aromatic nitrogens is 5. The maximum absolute atomic E-state index is 13.1. The number of carbonyl (C=O) groups excluding carboxylic acids is 2. The molecule has 10 nitrogen and oxygen atoms in total. The van der Waals surface area contributed by atoms with Crippen LogP contribution in [0.2, 0.25) is 0 Å². The molecule has 5 aromatic rings. The number of nitrogens with zero attached hydrogens (tertiary/aromatic N) is 4. The summed E-state index contributed by atoms with van der Waals surface area (Å²) in [6.07, 6.45) is 7.62. The first-order valence-corrected chi connectivity index (χ1v) is 12.7. The Hall–Kier alpha value is -4.83. The number of hydrogen-bond acceptors (Lipinski definition) is 6. The molecular weight excluding hydrogens is 492 g/mol. The minimum Gasteiger partial charge on any atom is -0.339 e. The van der Waals surface area contributed by atoms with Crippen LogP contribution in [0.4, 0.5) is 11.4 Å². The van der Waals surface area contributed by atoms with Crippen molar-refractivity contribution >= 4 is 34.2 Å². The number of pyridine rings is 2. The number of carbonyl (C=O) groups is 2. The van der Waals surface area contributed by atoms with Crippen LogP contribution in [0.3, 0.4) is 0 Å². The van der Waals surface area contributed by atoms with Gasteiger partial charge < -0.3 is 20.9 Å². The summed E-state index contributed by atoms with van der Waals surface area (Å²) in [5.74, 6) is -0.518. The van der Waals surface area contributed by atoms with Crippen molar-refractivity contribution in [2.75, 3.05) is 17.2 Å². The molecule has 4 N–H and O–H groups in total. The molecule has 0 fully saturated rings. The first-order valence-electron chi connectivity index (χ1n) is 12.7. The summed E-state index contributed by atoms with van der Waals surface area (Å²) in [5, 5.41) is 14.1. The summed E-state index contributed by atoms with van der Waals surface area (Å²) in [4.78, 5) is 37.7. The highest BCUT2D eigenvalue weighted by Gasteiger charge is 2.14. The predicted molar refractivity (Wildman–Crippen MR) is 151 cm³/mol. The second-order valence-electron chi connectivity index (χ2n) is 9.36. The van der Waals surface area contributed by atoms with E-state index in [0.29, 0.717) is 28.3 Å². The lowest BCUT2D eigenvalue weighted by Crippen LogP contribution is -2.31. The third-order valence-electron chi connectivity index (χ3n) is 6.49. The van der Waals surface area contributed by atoms with Crippen LogP contribution in [0.1, 0.15) is 41.0 Å². The third-order valence-corrected chi connectivity index (χ3v) is 6.49. The van der Waals surface area contributed by atoms with Gasteiger partial charge in [0.15, 0.2) is 0 Å². The molecule has 198 valence electrons. The molecule has 2 amide bonds. The van der Waals surface area contributed by atoms with Crippen LogP contribution in [0.5, 0.6) is 0 Å². The Labute approximate surface area is 225 Å². The predicted octanol–water partition coefficient (Wildman–Crippen LogP) is 4.60. The number of H-pyrrole nitrogens is 1. The molecule has 0 bridgehead atoms. The van der Waals surface area contributed by atoms with Gasteiger partial charge in [0.25, 0.3) is 5.91 Å². The lowest BCUT2D eigenvalue weighted by molar-refractivity contribution is -0.115. The van der Waals surface area contributed by atoms with Crippen molar-refractivity contribution in [1.82, 2.24) is 30.0 Å². The Balaban J connectivity index is 1.24. The number of aromatic amines is 1. The van der Waals surface area contributed by atoms with Gasteiger partial charge in [0, 0.05) is 36.4 Å². The van der Waals surface area contributed by atoms with Crippen LogP contribution in [0, 0.1) is 6.92 Å². The van der Waals surface area contributed by atoms with Crippen molar-refractivity contribution in [3.05, 3.63) is 90.1 Å².